The van der Waals surface area contributed by atoms with E-state index in [1.54, 1.807) is 35.8 Å². The van der Waals surface area contributed by atoms with Crippen LogP contribution in [0.2, 0.25) is 0 Å². The molecule has 4 heterocycles. The lowest BCUT2D eigenvalue weighted by molar-refractivity contribution is 0.278. The third-order valence-electron chi connectivity index (χ3n) is 5.71. The van der Waals surface area contributed by atoms with Crippen LogP contribution in [0.5, 0.6) is 0 Å². The number of pyridine rings is 1. The summed E-state index contributed by atoms with van der Waals surface area (Å²) in [6.07, 6.45) is 6.43. The van der Waals surface area contributed by atoms with Crippen molar-refractivity contribution in [3.8, 4) is 0 Å². The van der Waals surface area contributed by atoms with Crippen molar-refractivity contribution < 1.29 is 17.2 Å². The third-order valence-corrected chi connectivity index (χ3v) is 7.32. The number of rotatable bonds is 5. The minimum absolute atomic E-state index is 0.00123. The van der Waals surface area contributed by atoms with Gasteiger partial charge in [-0.25, -0.2) is 27.2 Å². The SMILES string of the molecule is O=S1(=O)CCN(Cc2c(F)cc(C3C=Nc4cnc(Nc5cccnc5)nc43)cc2F)CC1. The zero-order chi connectivity index (χ0) is 23.0. The van der Waals surface area contributed by atoms with Crippen LogP contribution in [0, 0.1) is 11.6 Å². The summed E-state index contributed by atoms with van der Waals surface area (Å²) in [6.45, 7) is 0.536. The fraction of sp³-hybridized carbons (Fsp3) is 0.273. The fourth-order valence-electron chi connectivity index (χ4n) is 3.90. The predicted octanol–water partition coefficient (Wildman–Crippen LogP) is 2.97. The molecule has 1 unspecified atom stereocenters. The van der Waals surface area contributed by atoms with E-state index in [1.165, 1.54) is 12.1 Å². The number of sulfone groups is 1. The Balaban J connectivity index is 1.38. The van der Waals surface area contributed by atoms with Gasteiger partial charge in [-0.3, -0.25) is 14.9 Å². The van der Waals surface area contributed by atoms with Crippen LogP contribution < -0.4 is 5.32 Å². The average Bonchev–Trinajstić information content (AvgIpc) is 3.21. The minimum Gasteiger partial charge on any atom is -0.323 e. The minimum atomic E-state index is -3.06. The van der Waals surface area contributed by atoms with E-state index in [-0.39, 0.29) is 36.7 Å². The molecule has 0 radical (unpaired) electrons. The maximum Gasteiger partial charge on any atom is 0.227 e. The smallest absolute Gasteiger partial charge is 0.227 e. The second-order valence-electron chi connectivity index (χ2n) is 7.98. The van der Waals surface area contributed by atoms with Crippen LogP contribution in [0.25, 0.3) is 0 Å². The Bertz CT molecular complexity index is 1300. The molecular weight excluding hydrogens is 450 g/mol. The van der Waals surface area contributed by atoms with Gasteiger partial charge in [0.05, 0.1) is 41.2 Å². The monoisotopic (exact) mass is 470 g/mol. The molecule has 170 valence electrons. The Labute approximate surface area is 189 Å². The average molecular weight is 471 g/mol. The molecule has 0 amide bonds. The highest BCUT2D eigenvalue weighted by Crippen LogP contribution is 2.36. The zero-order valence-electron chi connectivity index (χ0n) is 17.4. The van der Waals surface area contributed by atoms with Gasteiger partial charge in [-0.2, -0.15) is 0 Å². The molecule has 8 nitrogen and oxygen atoms in total. The summed E-state index contributed by atoms with van der Waals surface area (Å²) in [5, 5.41) is 3.05. The van der Waals surface area contributed by atoms with E-state index in [0.717, 1.165) is 0 Å². The van der Waals surface area contributed by atoms with E-state index < -0.39 is 27.4 Å². The first-order valence-corrected chi connectivity index (χ1v) is 12.2. The van der Waals surface area contributed by atoms with E-state index in [9.17, 15) is 17.2 Å². The van der Waals surface area contributed by atoms with Crippen molar-refractivity contribution in [2.75, 3.05) is 29.9 Å². The highest BCUT2D eigenvalue weighted by atomic mass is 32.2. The third kappa shape index (κ3) is 4.60. The summed E-state index contributed by atoms with van der Waals surface area (Å²) < 4.78 is 53.1. The summed E-state index contributed by atoms with van der Waals surface area (Å²) in [4.78, 5) is 18.8. The molecule has 1 aromatic carbocycles. The number of fused-ring (bicyclic) bond motifs is 1. The van der Waals surface area contributed by atoms with Crippen molar-refractivity contribution in [3.63, 3.8) is 0 Å². The van der Waals surface area contributed by atoms with Crippen molar-refractivity contribution in [1.29, 1.82) is 0 Å². The largest absolute Gasteiger partial charge is 0.323 e. The van der Waals surface area contributed by atoms with Gasteiger partial charge in [0.2, 0.25) is 5.95 Å². The predicted molar refractivity (Wildman–Crippen MR) is 120 cm³/mol. The number of aliphatic imine (C=N–C) groups is 1. The van der Waals surface area contributed by atoms with Crippen LogP contribution in [0.4, 0.5) is 26.1 Å². The summed E-state index contributed by atoms with van der Waals surface area (Å²) in [7, 11) is -3.06. The highest BCUT2D eigenvalue weighted by Gasteiger charge is 2.27. The zero-order valence-corrected chi connectivity index (χ0v) is 18.3. The Kier molecular flexibility index (Phi) is 5.59. The molecule has 2 aliphatic heterocycles. The van der Waals surface area contributed by atoms with Crippen molar-refractivity contribution in [2.45, 2.75) is 12.5 Å². The number of halogens is 2. The fourth-order valence-corrected chi connectivity index (χ4v) is 5.17. The Morgan fingerprint density at radius 2 is 1.88 bits per heavy atom. The lowest BCUT2D eigenvalue weighted by Gasteiger charge is -2.27. The van der Waals surface area contributed by atoms with Crippen LogP contribution in [0.15, 0.2) is 47.8 Å². The Morgan fingerprint density at radius 1 is 1.12 bits per heavy atom. The van der Waals surface area contributed by atoms with Gasteiger partial charge in [-0.05, 0) is 29.8 Å². The maximum atomic E-state index is 14.9. The second kappa shape index (κ2) is 8.56. The molecule has 3 aromatic rings. The first kappa shape index (κ1) is 21.5. The highest BCUT2D eigenvalue weighted by molar-refractivity contribution is 7.91. The molecule has 1 fully saturated rings. The van der Waals surface area contributed by atoms with Gasteiger partial charge in [-0.1, -0.05) is 0 Å². The summed E-state index contributed by atoms with van der Waals surface area (Å²) >= 11 is 0. The van der Waals surface area contributed by atoms with Crippen LogP contribution in [-0.2, 0) is 16.4 Å². The van der Waals surface area contributed by atoms with Crippen LogP contribution >= 0.6 is 0 Å². The standard InChI is InChI=1S/C22H20F2N6O2S/c23-18-8-14(9-19(24)17(18)13-30-4-6-33(31,32)7-5-30)16-11-26-20-12-27-22(29-21(16)20)28-15-2-1-3-25-10-15/h1-3,8-12,16H,4-7,13H2,(H,27,28,29). The number of hydrogen-bond acceptors (Lipinski definition) is 8. The number of aromatic nitrogens is 3. The van der Waals surface area contributed by atoms with Gasteiger partial charge in [0.15, 0.2) is 9.84 Å². The number of nitrogens with one attached hydrogen (secondary N) is 1. The molecule has 1 atom stereocenters. The molecule has 0 aliphatic carbocycles. The number of nitrogens with zero attached hydrogens (tertiary/aromatic N) is 5. The molecule has 1 N–H and O–H groups in total. The molecule has 5 rings (SSSR count). The second-order valence-corrected chi connectivity index (χ2v) is 10.3. The topological polar surface area (TPSA) is 100 Å². The molecule has 0 saturated carbocycles. The van der Waals surface area contributed by atoms with Gasteiger partial charge in [0.1, 0.15) is 17.3 Å². The summed E-state index contributed by atoms with van der Waals surface area (Å²) in [5.74, 6) is -1.55. The van der Waals surface area contributed by atoms with E-state index in [4.69, 9.17) is 0 Å². The van der Waals surface area contributed by atoms with Gasteiger partial charge < -0.3 is 5.32 Å². The lowest BCUT2D eigenvalue weighted by Crippen LogP contribution is -2.40. The van der Waals surface area contributed by atoms with Gasteiger partial charge in [0, 0.05) is 37.6 Å². The molecule has 11 heteroatoms. The van der Waals surface area contributed by atoms with Crippen LogP contribution in [0.3, 0.4) is 0 Å². The van der Waals surface area contributed by atoms with Crippen molar-refractivity contribution in [3.05, 3.63) is 71.3 Å². The van der Waals surface area contributed by atoms with Crippen molar-refractivity contribution >= 4 is 33.4 Å². The Hall–Kier alpha value is -3.31. The molecule has 2 aliphatic rings. The molecule has 33 heavy (non-hydrogen) atoms. The molecular formula is C22H20F2N6O2S. The quantitative estimate of drug-likeness (QED) is 0.612. The number of benzene rings is 1. The molecule has 2 aromatic heterocycles. The number of hydrogen-bond donors (Lipinski definition) is 1. The molecule has 1 saturated heterocycles. The van der Waals surface area contributed by atoms with E-state index in [2.05, 4.69) is 25.3 Å². The Morgan fingerprint density at radius 3 is 2.58 bits per heavy atom. The first-order valence-electron chi connectivity index (χ1n) is 10.4. The first-order chi connectivity index (χ1) is 15.9. The van der Waals surface area contributed by atoms with E-state index in [0.29, 0.717) is 28.6 Å². The van der Waals surface area contributed by atoms with Crippen molar-refractivity contribution in [2.24, 2.45) is 4.99 Å². The molecule has 0 spiro atoms. The maximum absolute atomic E-state index is 14.9. The molecule has 0 bridgehead atoms. The van der Waals surface area contributed by atoms with Crippen LogP contribution in [0.1, 0.15) is 22.7 Å². The summed E-state index contributed by atoms with van der Waals surface area (Å²) in [6, 6.07) is 6.18. The van der Waals surface area contributed by atoms with Gasteiger partial charge in [-0.15, -0.1) is 0 Å². The number of anilines is 2. The summed E-state index contributed by atoms with van der Waals surface area (Å²) in [5.41, 5.74) is 2.11. The van der Waals surface area contributed by atoms with Crippen molar-refractivity contribution in [1.82, 2.24) is 19.9 Å². The van der Waals surface area contributed by atoms with E-state index in [1.807, 2.05) is 6.07 Å². The normalized spacial score (nSPS) is 19.4. The lowest BCUT2D eigenvalue weighted by atomic mass is 9.95. The van der Waals surface area contributed by atoms with Gasteiger partial charge in [0.25, 0.3) is 0 Å². The van der Waals surface area contributed by atoms with Gasteiger partial charge >= 0.3 is 0 Å². The van der Waals surface area contributed by atoms with E-state index >= 15 is 0 Å². The van der Waals surface area contributed by atoms with Crippen LogP contribution in [-0.4, -0.2) is 59.1 Å².